The number of aryl methyl sites for hydroxylation is 1. The first-order chi connectivity index (χ1) is 8.04. The van der Waals surface area contributed by atoms with Crippen molar-refractivity contribution < 1.29 is 0 Å². The second-order valence-electron chi connectivity index (χ2n) is 5.33. The van der Waals surface area contributed by atoms with Crippen molar-refractivity contribution in [2.45, 2.75) is 20.3 Å². The van der Waals surface area contributed by atoms with E-state index in [9.17, 15) is 0 Å². The lowest BCUT2D eigenvalue weighted by atomic mass is 9.90. The molecule has 1 unspecified atom stereocenters. The molecule has 0 spiro atoms. The van der Waals surface area contributed by atoms with Crippen LogP contribution in [0.15, 0.2) is 16.7 Å². The van der Waals surface area contributed by atoms with Gasteiger partial charge >= 0.3 is 0 Å². The number of aromatic nitrogens is 1. The minimum Gasteiger partial charge on any atom is -0.355 e. The van der Waals surface area contributed by atoms with Gasteiger partial charge in [-0.05, 0) is 53.4 Å². The summed E-state index contributed by atoms with van der Waals surface area (Å²) in [5, 5.41) is 3.29. The number of anilines is 1. The van der Waals surface area contributed by atoms with E-state index in [-0.39, 0.29) is 0 Å². The summed E-state index contributed by atoms with van der Waals surface area (Å²) in [5.74, 6) is 1.08. The molecule has 0 bridgehead atoms. The van der Waals surface area contributed by atoms with E-state index in [0.717, 1.165) is 29.9 Å². The highest BCUT2D eigenvalue weighted by molar-refractivity contribution is 9.10. The van der Waals surface area contributed by atoms with E-state index in [2.05, 4.69) is 51.0 Å². The van der Waals surface area contributed by atoms with Gasteiger partial charge in [-0.1, -0.05) is 6.92 Å². The molecule has 0 radical (unpaired) electrons. The summed E-state index contributed by atoms with van der Waals surface area (Å²) in [6.07, 6.45) is 3.16. The van der Waals surface area contributed by atoms with Gasteiger partial charge in [-0.25, -0.2) is 4.98 Å². The Labute approximate surface area is 112 Å². The zero-order chi connectivity index (χ0) is 12.5. The van der Waals surface area contributed by atoms with Gasteiger partial charge < -0.3 is 10.2 Å². The van der Waals surface area contributed by atoms with E-state index in [4.69, 9.17) is 0 Å². The molecule has 94 valence electrons. The Morgan fingerprint density at radius 1 is 1.59 bits per heavy atom. The van der Waals surface area contributed by atoms with Crippen molar-refractivity contribution in [3.63, 3.8) is 0 Å². The standard InChI is InChI=1S/C13H20BrN3/c1-10-6-11(14)12(16-7-10)17-5-4-13(2,9-17)8-15-3/h6-7,15H,4-5,8-9H2,1-3H3. The van der Waals surface area contributed by atoms with Crippen molar-refractivity contribution in [3.8, 4) is 0 Å². The van der Waals surface area contributed by atoms with Crippen LogP contribution < -0.4 is 10.2 Å². The smallest absolute Gasteiger partial charge is 0.142 e. The number of pyridine rings is 1. The normalized spacial score (nSPS) is 24.4. The molecular weight excluding hydrogens is 278 g/mol. The molecular formula is C13H20BrN3. The van der Waals surface area contributed by atoms with Crippen molar-refractivity contribution in [1.82, 2.24) is 10.3 Å². The van der Waals surface area contributed by atoms with E-state index in [1.165, 1.54) is 12.0 Å². The summed E-state index contributed by atoms with van der Waals surface area (Å²) in [4.78, 5) is 6.92. The van der Waals surface area contributed by atoms with Gasteiger partial charge in [0.15, 0.2) is 0 Å². The number of rotatable bonds is 3. The number of hydrogen-bond acceptors (Lipinski definition) is 3. The lowest BCUT2D eigenvalue weighted by Crippen LogP contribution is -2.33. The fourth-order valence-corrected chi connectivity index (χ4v) is 3.25. The quantitative estimate of drug-likeness (QED) is 0.929. The Hall–Kier alpha value is -0.610. The van der Waals surface area contributed by atoms with Crippen LogP contribution >= 0.6 is 15.9 Å². The number of nitrogens with one attached hydrogen (secondary N) is 1. The molecule has 1 aromatic rings. The van der Waals surface area contributed by atoms with E-state index in [1.807, 2.05) is 13.2 Å². The molecule has 1 aromatic heterocycles. The second kappa shape index (κ2) is 4.94. The van der Waals surface area contributed by atoms with E-state index in [1.54, 1.807) is 0 Å². The van der Waals surface area contributed by atoms with Crippen molar-refractivity contribution in [3.05, 3.63) is 22.3 Å². The lowest BCUT2D eigenvalue weighted by Gasteiger charge is -2.25. The summed E-state index contributed by atoms with van der Waals surface area (Å²) in [5.41, 5.74) is 1.55. The topological polar surface area (TPSA) is 28.2 Å². The monoisotopic (exact) mass is 297 g/mol. The highest BCUT2D eigenvalue weighted by Crippen LogP contribution is 2.34. The predicted molar refractivity (Wildman–Crippen MR) is 75.5 cm³/mol. The lowest BCUT2D eigenvalue weighted by molar-refractivity contribution is 0.355. The molecule has 1 saturated heterocycles. The molecule has 1 N–H and O–H groups in total. The van der Waals surface area contributed by atoms with Gasteiger partial charge in [0.05, 0.1) is 4.47 Å². The van der Waals surface area contributed by atoms with Crippen LogP contribution in [-0.2, 0) is 0 Å². The van der Waals surface area contributed by atoms with Gasteiger partial charge in [0.25, 0.3) is 0 Å². The summed E-state index contributed by atoms with van der Waals surface area (Å²) >= 11 is 3.61. The van der Waals surface area contributed by atoms with Gasteiger partial charge in [0.2, 0.25) is 0 Å². The van der Waals surface area contributed by atoms with Crippen LogP contribution in [0, 0.1) is 12.3 Å². The molecule has 2 rings (SSSR count). The molecule has 1 aliphatic heterocycles. The molecule has 0 aromatic carbocycles. The van der Waals surface area contributed by atoms with Crippen molar-refractivity contribution in [1.29, 1.82) is 0 Å². The molecule has 1 fully saturated rings. The molecule has 4 heteroatoms. The maximum absolute atomic E-state index is 4.54. The van der Waals surface area contributed by atoms with Gasteiger partial charge in [0.1, 0.15) is 5.82 Å². The fraction of sp³-hybridized carbons (Fsp3) is 0.615. The van der Waals surface area contributed by atoms with Crippen LogP contribution in [0.3, 0.4) is 0 Å². The Balaban J connectivity index is 2.15. The third-order valence-corrected chi connectivity index (χ3v) is 4.00. The van der Waals surface area contributed by atoms with Gasteiger partial charge in [-0.2, -0.15) is 0 Å². The third kappa shape index (κ3) is 2.80. The molecule has 1 atom stereocenters. The average molecular weight is 298 g/mol. The third-order valence-electron chi connectivity index (χ3n) is 3.42. The zero-order valence-electron chi connectivity index (χ0n) is 10.8. The highest BCUT2D eigenvalue weighted by atomic mass is 79.9. The van der Waals surface area contributed by atoms with Crippen molar-refractivity contribution >= 4 is 21.7 Å². The number of halogens is 1. The Bertz CT molecular complexity index is 408. The highest BCUT2D eigenvalue weighted by Gasteiger charge is 2.34. The van der Waals surface area contributed by atoms with Crippen LogP contribution in [0.2, 0.25) is 0 Å². The molecule has 17 heavy (non-hydrogen) atoms. The maximum atomic E-state index is 4.54. The average Bonchev–Trinajstić information content (AvgIpc) is 2.61. The maximum Gasteiger partial charge on any atom is 0.142 e. The first kappa shape index (κ1) is 12.8. The second-order valence-corrected chi connectivity index (χ2v) is 6.18. The SMILES string of the molecule is CNCC1(C)CCN(c2ncc(C)cc2Br)C1. The molecule has 2 heterocycles. The van der Waals surface area contributed by atoms with E-state index >= 15 is 0 Å². The van der Waals surface area contributed by atoms with Crippen LogP contribution in [0.25, 0.3) is 0 Å². The van der Waals surface area contributed by atoms with Gasteiger partial charge in [0, 0.05) is 25.8 Å². The van der Waals surface area contributed by atoms with Crippen LogP contribution in [0.4, 0.5) is 5.82 Å². The molecule has 0 amide bonds. The van der Waals surface area contributed by atoms with E-state index < -0.39 is 0 Å². The number of hydrogen-bond donors (Lipinski definition) is 1. The molecule has 0 aliphatic carbocycles. The number of nitrogens with zero attached hydrogens (tertiary/aromatic N) is 2. The Morgan fingerprint density at radius 2 is 2.35 bits per heavy atom. The largest absolute Gasteiger partial charge is 0.355 e. The van der Waals surface area contributed by atoms with Crippen LogP contribution in [0.5, 0.6) is 0 Å². The van der Waals surface area contributed by atoms with Crippen molar-refractivity contribution in [2.24, 2.45) is 5.41 Å². The van der Waals surface area contributed by atoms with Gasteiger partial charge in [-0.15, -0.1) is 0 Å². The van der Waals surface area contributed by atoms with Crippen molar-refractivity contribution in [2.75, 3.05) is 31.6 Å². The Morgan fingerprint density at radius 3 is 3.00 bits per heavy atom. The molecule has 1 aliphatic rings. The summed E-state index contributed by atoms with van der Waals surface area (Å²) in [6, 6.07) is 2.13. The summed E-state index contributed by atoms with van der Waals surface area (Å²) < 4.78 is 1.10. The summed E-state index contributed by atoms with van der Waals surface area (Å²) in [7, 11) is 2.02. The van der Waals surface area contributed by atoms with Crippen LogP contribution in [0.1, 0.15) is 18.9 Å². The fourth-order valence-electron chi connectivity index (χ4n) is 2.53. The summed E-state index contributed by atoms with van der Waals surface area (Å²) in [6.45, 7) is 7.63. The van der Waals surface area contributed by atoms with E-state index in [0.29, 0.717) is 5.41 Å². The molecule has 0 saturated carbocycles. The van der Waals surface area contributed by atoms with Crippen LogP contribution in [-0.4, -0.2) is 31.7 Å². The first-order valence-electron chi connectivity index (χ1n) is 6.06. The minimum absolute atomic E-state index is 0.362. The first-order valence-corrected chi connectivity index (χ1v) is 6.85. The van der Waals surface area contributed by atoms with Gasteiger partial charge in [-0.3, -0.25) is 0 Å². The Kier molecular flexibility index (Phi) is 3.73. The minimum atomic E-state index is 0.362. The molecule has 3 nitrogen and oxygen atoms in total. The predicted octanol–water partition coefficient (Wildman–Crippen LogP) is 2.59. The zero-order valence-corrected chi connectivity index (χ0v) is 12.3.